The van der Waals surface area contributed by atoms with Crippen molar-refractivity contribution in [3.05, 3.63) is 0 Å². The summed E-state index contributed by atoms with van der Waals surface area (Å²) >= 11 is 4.33. The van der Waals surface area contributed by atoms with Gasteiger partial charge in [-0.2, -0.15) is 12.6 Å². The zero-order valence-corrected chi connectivity index (χ0v) is 9.52. The van der Waals surface area contributed by atoms with Crippen molar-refractivity contribution in [1.82, 2.24) is 5.32 Å². The first-order valence-electron chi connectivity index (χ1n) is 5.23. The molecule has 0 spiro atoms. The van der Waals surface area contributed by atoms with E-state index in [0.29, 0.717) is 6.23 Å². The Morgan fingerprint density at radius 3 is 2.77 bits per heavy atom. The van der Waals surface area contributed by atoms with Gasteiger partial charge in [0, 0.05) is 13.2 Å². The second-order valence-electron chi connectivity index (χ2n) is 3.85. The van der Waals surface area contributed by atoms with E-state index in [9.17, 15) is 0 Å². The molecule has 13 heavy (non-hydrogen) atoms. The first-order chi connectivity index (χ1) is 6.27. The first kappa shape index (κ1) is 11.3. The molecule has 3 heteroatoms. The number of hydrogen-bond donors (Lipinski definition) is 2. The average Bonchev–Trinajstić information content (AvgIpc) is 2.18. The molecular formula is C10H21NOS. The Labute approximate surface area is 86.8 Å². The lowest BCUT2D eigenvalue weighted by Gasteiger charge is -2.32. The Balaban J connectivity index is 2.22. The predicted molar refractivity (Wildman–Crippen MR) is 59.2 cm³/mol. The first-order valence-corrected chi connectivity index (χ1v) is 5.87. The molecule has 1 N–H and O–H groups in total. The quantitative estimate of drug-likeness (QED) is 0.681. The second kappa shape index (κ2) is 5.89. The van der Waals surface area contributed by atoms with Crippen LogP contribution >= 0.6 is 12.6 Å². The third kappa shape index (κ3) is 3.49. The molecule has 0 bridgehead atoms. The second-order valence-corrected chi connectivity index (χ2v) is 4.21. The van der Waals surface area contributed by atoms with Crippen LogP contribution in [0.2, 0.25) is 0 Å². The molecule has 78 valence electrons. The minimum absolute atomic E-state index is 0.299. The molecule has 0 amide bonds. The maximum atomic E-state index is 5.51. The highest BCUT2D eigenvalue weighted by molar-refractivity contribution is 7.80. The summed E-state index contributed by atoms with van der Waals surface area (Å²) in [5, 5.41) is 3.43. The van der Waals surface area contributed by atoms with Gasteiger partial charge < -0.3 is 4.74 Å². The van der Waals surface area contributed by atoms with Crippen LogP contribution in [0.25, 0.3) is 0 Å². The molecule has 0 aromatic heterocycles. The van der Waals surface area contributed by atoms with E-state index in [0.717, 1.165) is 37.2 Å². The molecule has 1 aliphatic rings. The number of piperidine rings is 1. The summed E-state index contributed by atoms with van der Waals surface area (Å²) in [6.45, 7) is 6.22. The highest BCUT2D eigenvalue weighted by Gasteiger charge is 2.23. The summed E-state index contributed by atoms with van der Waals surface area (Å²) in [4.78, 5) is 0. The SMILES string of the molecule is CCOC1CCC(C(C)CS)CN1. The Hall–Kier alpha value is 0.270. The normalized spacial score (nSPS) is 31.6. The van der Waals surface area contributed by atoms with Gasteiger partial charge in [0.15, 0.2) is 0 Å². The summed E-state index contributed by atoms with van der Waals surface area (Å²) in [6.07, 6.45) is 2.73. The van der Waals surface area contributed by atoms with Gasteiger partial charge >= 0.3 is 0 Å². The number of nitrogens with one attached hydrogen (secondary N) is 1. The lowest BCUT2D eigenvalue weighted by atomic mass is 9.88. The van der Waals surface area contributed by atoms with Crippen LogP contribution in [0.15, 0.2) is 0 Å². The largest absolute Gasteiger partial charge is 0.364 e. The summed E-state index contributed by atoms with van der Waals surface area (Å²) in [6, 6.07) is 0. The molecule has 2 nitrogen and oxygen atoms in total. The van der Waals surface area contributed by atoms with Crippen molar-refractivity contribution in [3.63, 3.8) is 0 Å². The predicted octanol–water partition coefficient (Wildman–Crippen LogP) is 1.91. The minimum Gasteiger partial charge on any atom is -0.364 e. The molecule has 0 radical (unpaired) electrons. The van der Waals surface area contributed by atoms with Crippen LogP contribution in [-0.4, -0.2) is 25.1 Å². The van der Waals surface area contributed by atoms with Crippen LogP contribution < -0.4 is 5.32 Å². The third-order valence-electron chi connectivity index (χ3n) is 2.87. The Morgan fingerprint density at radius 2 is 2.31 bits per heavy atom. The number of ether oxygens (including phenoxy) is 1. The lowest BCUT2D eigenvalue weighted by Crippen LogP contribution is -2.42. The van der Waals surface area contributed by atoms with Crippen molar-refractivity contribution in [2.24, 2.45) is 11.8 Å². The van der Waals surface area contributed by atoms with Gasteiger partial charge in [-0.15, -0.1) is 0 Å². The zero-order chi connectivity index (χ0) is 9.68. The standard InChI is InChI=1S/C10H21NOS/c1-3-12-10-5-4-9(6-11-10)8(2)7-13/h8-11,13H,3-7H2,1-2H3. The van der Waals surface area contributed by atoms with E-state index in [1.807, 2.05) is 6.92 Å². The molecule has 0 aromatic rings. The van der Waals surface area contributed by atoms with Gasteiger partial charge in [-0.1, -0.05) is 6.92 Å². The van der Waals surface area contributed by atoms with Crippen molar-refractivity contribution in [2.75, 3.05) is 18.9 Å². The minimum atomic E-state index is 0.299. The van der Waals surface area contributed by atoms with Crippen LogP contribution in [0.5, 0.6) is 0 Å². The van der Waals surface area contributed by atoms with Crippen LogP contribution in [0, 0.1) is 11.8 Å². The number of thiol groups is 1. The fraction of sp³-hybridized carbons (Fsp3) is 1.00. The van der Waals surface area contributed by atoms with Crippen LogP contribution in [0.1, 0.15) is 26.7 Å². The molecular weight excluding hydrogens is 182 g/mol. The summed E-state index contributed by atoms with van der Waals surface area (Å²) < 4.78 is 5.51. The molecule has 0 aromatic carbocycles. The lowest BCUT2D eigenvalue weighted by molar-refractivity contribution is 0.00528. The molecule has 0 saturated carbocycles. The molecule has 1 aliphatic heterocycles. The van der Waals surface area contributed by atoms with Gasteiger partial charge in [0.1, 0.15) is 6.23 Å². The summed E-state index contributed by atoms with van der Waals surface area (Å²) in [5.74, 6) is 2.50. The highest BCUT2D eigenvalue weighted by Crippen LogP contribution is 2.23. The van der Waals surface area contributed by atoms with Crippen LogP contribution in [-0.2, 0) is 4.74 Å². The number of rotatable bonds is 4. The summed E-state index contributed by atoms with van der Waals surface area (Å²) in [5.41, 5.74) is 0. The Bertz CT molecular complexity index is 135. The molecule has 3 unspecified atom stereocenters. The fourth-order valence-electron chi connectivity index (χ4n) is 1.83. The molecule has 3 atom stereocenters. The fourth-order valence-corrected chi connectivity index (χ4v) is 2.13. The van der Waals surface area contributed by atoms with Gasteiger partial charge in [-0.3, -0.25) is 5.32 Å². The maximum absolute atomic E-state index is 5.51. The average molecular weight is 203 g/mol. The van der Waals surface area contributed by atoms with Gasteiger partial charge in [-0.05, 0) is 37.4 Å². The van der Waals surface area contributed by atoms with Crippen LogP contribution in [0.3, 0.4) is 0 Å². The van der Waals surface area contributed by atoms with E-state index < -0.39 is 0 Å². The van der Waals surface area contributed by atoms with E-state index >= 15 is 0 Å². The van der Waals surface area contributed by atoms with Crippen molar-refractivity contribution in [3.8, 4) is 0 Å². The van der Waals surface area contributed by atoms with E-state index in [-0.39, 0.29) is 0 Å². The smallest absolute Gasteiger partial charge is 0.108 e. The highest BCUT2D eigenvalue weighted by atomic mass is 32.1. The van der Waals surface area contributed by atoms with Crippen LogP contribution in [0.4, 0.5) is 0 Å². The van der Waals surface area contributed by atoms with Crippen molar-refractivity contribution in [1.29, 1.82) is 0 Å². The van der Waals surface area contributed by atoms with Gasteiger partial charge in [0.05, 0.1) is 0 Å². The topological polar surface area (TPSA) is 21.3 Å². The maximum Gasteiger partial charge on any atom is 0.108 e. The summed E-state index contributed by atoms with van der Waals surface area (Å²) in [7, 11) is 0. The molecule has 1 heterocycles. The van der Waals surface area contributed by atoms with Crippen molar-refractivity contribution in [2.45, 2.75) is 32.9 Å². The number of hydrogen-bond acceptors (Lipinski definition) is 3. The van der Waals surface area contributed by atoms with Gasteiger partial charge in [0.2, 0.25) is 0 Å². The molecule has 1 fully saturated rings. The van der Waals surface area contributed by atoms with E-state index in [2.05, 4.69) is 24.9 Å². The molecule has 1 saturated heterocycles. The molecule has 1 rings (SSSR count). The zero-order valence-electron chi connectivity index (χ0n) is 8.62. The monoisotopic (exact) mass is 203 g/mol. The third-order valence-corrected chi connectivity index (χ3v) is 3.44. The van der Waals surface area contributed by atoms with E-state index in [4.69, 9.17) is 4.74 Å². The van der Waals surface area contributed by atoms with Gasteiger partial charge in [-0.25, -0.2) is 0 Å². The van der Waals surface area contributed by atoms with E-state index in [1.54, 1.807) is 0 Å². The Morgan fingerprint density at radius 1 is 1.54 bits per heavy atom. The van der Waals surface area contributed by atoms with Crippen molar-refractivity contribution >= 4 is 12.6 Å². The van der Waals surface area contributed by atoms with E-state index in [1.165, 1.54) is 6.42 Å². The Kier molecular flexibility index (Phi) is 5.14. The van der Waals surface area contributed by atoms with Gasteiger partial charge in [0.25, 0.3) is 0 Å². The van der Waals surface area contributed by atoms with Crippen molar-refractivity contribution < 1.29 is 4.74 Å². The molecule has 0 aliphatic carbocycles.